The summed E-state index contributed by atoms with van der Waals surface area (Å²) in [7, 11) is 3.70. The maximum absolute atomic E-state index is 11.8. The molecule has 0 aromatic heterocycles. The van der Waals surface area contributed by atoms with Crippen LogP contribution in [0.15, 0.2) is 0 Å². The van der Waals surface area contributed by atoms with Gasteiger partial charge in [0.2, 0.25) is 5.91 Å². The van der Waals surface area contributed by atoms with Crippen LogP contribution in [0, 0.1) is 0 Å². The van der Waals surface area contributed by atoms with Gasteiger partial charge in [0.05, 0.1) is 0 Å². The summed E-state index contributed by atoms with van der Waals surface area (Å²) in [4.78, 5) is 16.1. The lowest BCUT2D eigenvalue weighted by molar-refractivity contribution is -0.129. The van der Waals surface area contributed by atoms with Crippen LogP contribution in [0.4, 0.5) is 0 Å². The van der Waals surface area contributed by atoms with E-state index >= 15 is 0 Å². The maximum Gasteiger partial charge on any atom is 0.223 e. The molecule has 0 aromatic rings. The topological polar surface area (TPSA) is 35.6 Å². The zero-order valence-corrected chi connectivity index (χ0v) is 12.7. The Kier molecular flexibility index (Phi) is 5.22. The van der Waals surface area contributed by atoms with Crippen LogP contribution in [-0.2, 0) is 4.79 Å². The lowest BCUT2D eigenvalue weighted by Gasteiger charge is -2.49. The molecule has 0 spiro atoms. The summed E-state index contributed by atoms with van der Waals surface area (Å²) in [5.74, 6) is 0.256. The zero-order valence-electron chi connectivity index (χ0n) is 12.7. The van der Waals surface area contributed by atoms with Crippen molar-refractivity contribution in [2.45, 2.75) is 63.6 Å². The number of rotatable bonds is 5. The van der Waals surface area contributed by atoms with E-state index in [0.717, 1.165) is 13.1 Å². The van der Waals surface area contributed by atoms with E-state index in [1.165, 1.54) is 32.1 Å². The summed E-state index contributed by atoms with van der Waals surface area (Å²) in [6.07, 6.45) is 7.20. The van der Waals surface area contributed by atoms with Crippen LogP contribution in [0.2, 0.25) is 0 Å². The molecule has 4 heteroatoms. The van der Waals surface area contributed by atoms with Crippen molar-refractivity contribution in [2.24, 2.45) is 0 Å². The highest BCUT2D eigenvalue weighted by atomic mass is 16.2. The van der Waals surface area contributed by atoms with E-state index in [-0.39, 0.29) is 5.91 Å². The minimum absolute atomic E-state index is 0.256. The molecule has 0 saturated carbocycles. The summed E-state index contributed by atoms with van der Waals surface area (Å²) < 4.78 is 0. The summed E-state index contributed by atoms with van der Waals surface area (Å²) in [6.45, 7) is 4.21. The minimum Gasteiger partial charge on any atom is -0.349 e. The zero-order chi connectivity index (χ0) is 13.8. The molecule has 2 aliphatic rings. The Morgan fingerprint density at radius 2 is 1.89 bits per heavy atom. The molecule has 0 radical (unpaired) electrons. The fourth-order valence-corrected chi connectivity index (χ4v) is 3.75. The van der Waals surface area contributed by atoms with Crippen molar-refractivity contribution in [3.63, 3.8) is 0 Å². The van der Waals surface area contributed by atoms with Crippen molar-refractivity contribution in [1.29, 1.82) is 0 Å². The van der Waals surface area contributed by atoms with Gasteiger partial charge in [-0.2, -0.15) is 0 Å². The van der Waals surface area contributed by atoms with Gasteiger partial charge in [-0.05, 0) is 32.2 Å². The van der Waals surface area contributed by atoms with Gasteiger partial charge in [0, 0.05) is 45.2 Å². The summed E-state index contributed by atoms with van der Waals surface area (Å²) in [6, 6.07) is 2.10. The van der Waals surface area contributed by atoms with E-state index in [4.69, 9.17) is 0 Å². The van der Waals surface area contributed by atoms with E-state index in [0.29, 0.717) is 24.5 Å². The van der Waals surface area contributed by atoms with Gasteiger partial charge in [-0.3, -0.25) is 9.69 Å². The van der Waals surface area contributed by atoms with E-state index < -0.39 is 0 Å². The van der Waals surface area contributed by atoms with Crippen molar-refractivity contribution in [3.8, 4) is 0 Å². The molecule has 0 aliphatic carbocycles. The molecule has 1 N–H and O–H groups in total. The number of amides is 1. The number of carbonyl (C=O) groups is 1. The Balaban J connectivity index is 1.89. The molecule has 2 atom stereocenters. The average molecular weight is 267 g/mol. The first-order chi connectivity index (χ1) is 9.11. The lowest BCUT2D eigenvalue weighted by Crippen LogP contribution is -2.56. The molecule has 2 bridgehead atoms. The van der Waals surface area contributed by atoms with Crippen molar-refractivity contribution in [1.82, 2.24) is 15.1 Å². The van der Waals surface area contributed by atoms with Gasteiger partial charge in [0.1, 0.15) is 0 Å². The van der Waals surface area contributed by atoms with Crippen LogP contribution in [-0.4, -0.2) is 61.0 Å². The SMILES string of the molecule is CCNC1CC2CCCC(C1)N2CCC(=O)N(C)C. The number of nitrogens with zero attached hydrogens (tertiary/aromatic N) is 2. The number of hydrogen-bond acceptors (Lipinski definition) is 3. The quantitative estimate of drug-likeness (QED) is 0.819. The number of fused-ring (bicyclic) bond motifs is 2. The van der Waals surface area contributed by atoms with Crippen LogP contribution < -0.4 is 5.32 Å². The monoisotopic (exact) mass is 267 g/mol. The highest BCUT2D eigenvalue weighted by molar-refractivity contribution is 5.75. The van der Waals surface area contributed by atoms with Crippen molar-refractivity contribution in [2.75, 3.05) is 27.2 Å². The normalized spacial score (nSPS) is 31.2. The predicted molar refractivity (Wildman–Crippen MR) is 78.1 cm³/mol. The number of piperidine rings is 2. The second kappa shape index (κ2) is 6.71. The first-order valence-electron chi connectivity index (χ1n) is 7.81. The Morgan fingerprint density at radius 1 is 1.26 bits per heavy atom. The van der Waals surface area contributed by atoms with E-state index in [1.54, 1.807) is 4.90 Å². The fourth-order valence-electron chi connectivity index (χ4n) is 3.75. The number of nitrogens with one attached hydrogen (secondary N) is 1. The molecular formula is C15H29N3O. The molecule has 2 heterocycles. The van der Waals surface area contributed by atoms with Crippen LogP contribution in [0.5, 0.6) is 0 Å². The molecule has 2 rings (SSSR count). The Bertz CT molecular complexity index is 292. The first-order valence-corrected chi connectivity index (χ1v) is 7.81. The van der Waals surface area contributed by atoms with E-state index in [9.17, 15) is 4.79 Å². The van der Waals surface area contributed by atoms with Crippen LogP contribution >= 0.6 is 0 Å². The molecule has 0 aromatic carbocycles. The molecule has 4 nitrogen and oxygen atoms in total. The highest BCUT2D eigenvalue weighted by Gasteiger charge is 2.37. The third kappa shape index (κ3) is 3.69. The Hall–Kier alpha value is -0.610. The predicted octanol–water partition coefficient (Wildman–Crippen LogP) is 1.46. The standard InChI is InChI=1S/C15H29N3O/c1-4-16-12-10-13-6-5-7-14(11-12)18(13)9-8-15(19)17(2)3/h12-14,16H,4-11H2,1-3H3. The summed E-state index contributed by atoms with van der Waals surface area (Å²) in [5, 5.41) is 3.61. The molecule has 110 valence electrons. The Morgan fingerprint density at radius 3 is 2.42 bits per heavy atom. The van der Waals surface area contributed by atoms with Gasteiger partial charge in [0.25, 0.3) is 0 Å². The van der Waals surface area contributed by atoms with Crippen LogP contribution in [0.1, 0.15) is 45.4 Å². The molecule has 1 amide bonds. The van der Waals surface area contributed by atoms with Crippen LogP contribution in [0.3, 0.4) is 0 Å². The van der Waals surface area contributed by atoms with Crippen molar-refractivity contribution in [3.05, 3.63) is 0 Å². The number of carbonyl (C=O) groups excluding carboxylic acids is 1. The summed E-state index contributed by atoms with van der Waals surface area (Å²) >= 11 is 0. The third-order valence-electron chi connectivity index (χ3n) is 4.70. The van der Waals surface area contributed by atoms with Gasteiger partial charge in [-0.1, -0.05) is 13.3 Å². The van der Waals surface area contributed by atoms with Gasteiger partial charge < -0.3 is 10.2 Å². The van der Waals surface area contributed by atoms with Crippen LogP contribution in [0.25, 0.3) is 0 Å². The van der Waals surface area contributed by atoms with Crippen molar-refractivity contribution >= 4 is 5.91 Å². The molecule has 2 aliphatic heterocycles. The smallest absolute Gasteiger partial charge is 0.223 e. The van der Waals surface area contributed by atoms with E-state index in [1.807, 2.05) is 14.1 Å². The minimum atomic E-state index is 0.256. The molecule has 19 heavy (non-hydrogen) atoms. The molecule has 2 unspecified atom stereocenters. The second-order valence-corrected chi connectivity index (χ2v) is 6.24. The van der Waals surface area contributed by atoms with Crippen molar-refractivity contribution < 1.29 is 4.79 Å². The first kappa shape index (κ1) is 14.8. The lowest BCUT2D eigenvalue weighted by atomic mass is 9.81. The second-order valence-electron chi connectivity index (χ2n) is 6.24. The average Bonchev–Trinajstić information content (AvgIpc) is 2.35. The van der Waals surface area contributed by atoms with E-state index in [2.05, 4.69) is 17.1 Å². The molecule has 2 saturated heterocycles. The van der Waals surface area contributed by atoms with Gasteiger partial charge in [0.15, 0.2) is 0 Å². The third-order valence-corrected chi connectivity index (χ3v) is 4.70. The molecular weight excluding hydrogens is 238 g/mol. The maximum atomic E-state index is 11.8. The highest BCUT2D eigenvalue weighted by Crippen LogP contribution is 2.34. The number of hydrogen-bond donors (Lipinski definition) is 1. The largest absolute Gasteiger partial charge is 0.349 e. The molecule has 2 fully saturated rings. The van der Waals surface area contributed by atoms with Gasteiger partial charge in [-0.25, -0.2) is 0 Å². The van der Waals surface area contributed by atoms with Gasteiger partial charge in [-0.15, -0.1) is 0 Å². The Labute approximate surface area is 117 Å². The fraction of sp³-hybridized carbons (Fsp3) is 0.933. The summed E-state index contributed by atoms with van der Waals surface area (Å²) in [5.41, 5.74) is 0. The van der Waals surface area contributed by atoms with Gasteiger partial charge >= 0.3 is 0 Å².